The molecule has 0 aliphatic rings. The van der Waals surface area contributed by atoms with Gasteiger partial charge in [0.1, 0.15) is 18.0 Å². The van der Waals surface area contributed by atoms with Crippen LogP contribution in [0, 0.1) is 0 Å². The van der Waals surface area contributed by atoms with E-state index in [2.05, 4.69) is 5.32 Å². The summed E-state index contributed by atoms with van der Waals surface area (Å²) in [6, 6.07) is 9.97. The lowest BCUT2D eigenvalue weighted by Crippen LogP contribution is -2.25. The molecule has 2 aromatic carbocycles. The molecule has 1 N–H and O–H groups in total. The number of hydrogen-bond donors (Lipinski definition) is 1. The van der Waals surface area contributed by atoms with Crippen LogP contribution in [0.4, 0.5) is 5.69 Å². The Balaban J connectivity index is 1.88. The zero-order chi connectivity index (χ0) is 18.0. The topological polar surface area (TPSA) is 82.7 Å². The number of nitrogens with one attached hydrogen (secondary N) is 1. The second-order valence-corrected chi connectivity index (χ2v) is 5.56. The number of ether oxygens (including phenoxy) is 2. The number of hydrogen-bond acceptors (Lipinski definition) is 5. The van der Waals surface area contributed by atoms with Crippen molar-refractivity contribution in [3.05, 3.63) is 52.0 Å². The number of benzene rings is 2. The third kappa shape index (κ3) is 3.32. The van der Waals surface area contributed by atoms with E-state index in [1.54, 1.807) is 30.3 Å². The summed E-state index contributed by atoms with van der Waals surface area (Å²) in [4.78, 5) is 24.3. The van der Waals surface area contributed by atoms with Crippen molar-refractivity contribution in [2.45, 2.75) is 6.54 Å². The Bertz CT molecular complexity index is 992. The summed E-state index contributed by atoms with van der Waals surface area (Å²) in [5, 5.41) is 3.05. The third-order valence-electron chi connectivity index (χ3n) is 3.62. The molecule has 0 atom stereocenters. The normalized spacial score (nSPS) is 10.7. The Kier molecular flexibility index (Phi) is 4.67. The fraction of sp³-hybridized carbons (Fsp3) is 0.176. The molecule has 130 valence electrons. The molecule has 0 fully saturated rings. The van der Waals surface area contributed by atoms with Gasteiger partial charge in [-0.2, -0.15) is 0 Å². The predicted octanol–water partition coefficient (Wildman–Crippen LogP) is 2.90. The van der Waals surface area contributed by atoms with Crippen LogP contribution < -0.4 is 20.5 Å². The van der Waals surface area contributed by atoms with Gasteiger partial charge in [-0.15, -0.1) is 0 Å². The van der Waals surface area contributed by atoms with Gasteiger partial charge >= 0.3 is 5.76 Å². The molecular formula is C17H15ClN2O5. The van der Waals surface area contributed by atoms with Crippen LogP contribution in [0.25, 0.3) is 11.1 Å². The van der Waals surface area contributed by atoms with E-state index in [1.165, 1.54) is 24.9 Å². The second kappa shape index (κ2) is 6.90. The smallest absolute Gasteiger partial charge is 0.420 e. The summed E-state index contributed by atoms with van der Waals surface area (Å²) < 4.78 is 16.7. The summed E-state index contributed by atoms with van der Waals surface area (Å²) >= 11 is 6.04. The molecule has 3 aromatic rings. The Morgan fingerprint density at radius 3 is 2.64 bits per heavy atom. The van der Waals surface area contributed by atoms with Crippen molar-refractivity contribution in [3.63, 3.8) is 0 Å². The molecule has 25 heavy (non-hydrogen) atoms. The van der Waals surface area contributed by atoms with Crippen LogP contribution in [0.2, 0.25) is 5.02 Å². The molecule has 8 heteroatoms. The van der Waals surface area contributed by atoms with Gasteiger partial charge in [0.05, 0.1) is 30.4 Å². The van der Waals surface area contributed by atoms with E-state index >= 15 is 0 Å². The third-order valence-corrected chi connectivity index (χ3v) is 3.92. The molecule has 0 aliphatic carbocycles. The van der Waals surface area contributed by atoms with Crippen molar-refractivity contribution < 1.29 is 18.7 Å². The molecule has 0 saturated heterocycles. The van der Waals surface area contributed by atoms with E-state index in [-0.39, 0.29) is 6.54 Å². The molecule has 1 amide bonds. The van der Waals surface area contributed by atoms with Crippen molar-refractivity contribution in [1.29, 1.82) is 0 Å². The Morgan fingerprint density at radius 2 is 1.92 bits per heavy atom. The molecule has 0 saturated carbocycles. The monoisotopic (exact) mass is 362 g/mol. The van der Waals surface area contributed by atoms with Crippen LogP contribution in [0.5, 0.6) is 11.5 Å². The number of anilines is 1. The first-order chi connectivity index (χ1) is 12.0. The predicted molar refractivity (Wildman–Crippen MR) is 93.7 cm³/mol. The number of nitrogens with zero attached hydrogens (tertiary/aromatic N) is 1. The minimum Gasteiger partial charge on any atom is -0.495 e. The lowest BCUT2D eigenvalue weighted by Gasteiger charge is -2.13. The summed E-state index contributed by atoms with van der Waals surface area (Å²) in [6.45, 7) is -0.204. The van der Waals surface area contributed by atoms with E-state index in [4.69, 9.17) is 25.5 Å². The summed E-state index contributed by atoms with van der Waals surface area (Å²) in [6.07, 6.45) is 0. The lowest BCUT2D eigenvalue weighted by atomic mass is 10.2. The lowest BCUT2D eigenvalue weighted by molar-refractivity contribution is -0.116. The standard InChI is InChI=1S/C17H15ClN2O5/c1-23-14-8-11(15(24-2)7-10(14)18)19-16(21)9-20-12-5-3-4-6-13(12)25-17(20)22/h3-8H,9H2,1-2H3,(H,19,21). The van der Waals surface area contributed by atoms with Gasteiger partial charge in [0, 0.05) is 12.1 Å². The van der Waals surface area contributed by atoms with Crippen molar-refractivity contribution >= 4 is 34.3 Å². The van der Waals surface area contributed by atoms with E-state index in [1.807, 2.05) is 0 Å². The molecule has 1 heterocycles. The molecule has 3 rings (SSSR count). The second-order valence-electron chi connectivity index (χ2n) is 5.16. The van der Waals surface area contributed by atoms with Crippen LogP contribution in [-0.2, 0) is 11.3 Å². The van der Waals surface area contributed by atoms with Crippen molar-refractivity contribution in [1.82, 2.24) is 4.57 Å². The first-order valence-electron chi connectivity index (χ1n) is 7.33. The first kappa shape index (κ1) is 16.9. The van der Waals surface area contributed by atoms with Crippen LogP contribution in [0.3, 0.4) is 0 Å². The Hall–Kier alpha value is -2.93. The highest BCUT2D eigenvalue weighted by Gasteiger charge is 2.15. The van der Waals surface area contributed by atoms with E-state index in [0.717, 1.165) is 0 Å². The van der Waals surface area contributed by atoms with Gasteiger partial charge in [0.2, 0.25) is 5.91 Å². The SMILES string of the molecule is COc1cc(NC(=O)Cn2c(=O)oc3ccccc32)c(OC)cc1Cl. The first-order valence-corrected chi connectivity index (χ1v) is 7.71. The molecule has 0 spiro atoms. The zero-order valence-electron chi connectivity index (χ0n) is 13.5. The molecule has 1 aromatic heterocycles. The summed E-state index contributed by atoms with van der Waals surface area (Å²) in [5.41, 5.74) is 1.35. The highest BCUT2D eigenvalue weighted by atomic mass is 35.5. The maximum absolute atomic E-state index is 12.4. The molecule has 0 radical (unpaired) electrons. The average molecular weight is 363 g/mol. The summed E-state index contributed by atoms with van der Waals surface area (Å²) in [5.74, 6) is -0.249. The minimum atomic E-state index is -0.600. The van der Waals surface area contributed by atoms with Crippen LogP contribution in [-0.4, -0.2) is 24.7 Å². The van der Waals surface area contributed by atoms with Gasteiger partial charge < -0.3 is 19.2 Å². The molecule has 0 aliphatic heterocycles. The number of methoxy groups -OCH3 is 2. The van der Waals surface area contributed by atoms with E-state index in [0.29, 0.717) is 33.3 Å². The van der Waals surface area contributed by atoms with Gasteiger partial charge in [-0.25, -0.2) is 4.79 Å². The fourth-order valence-electron chi connectivity index (χ4n) is 2.46. The maximum atomic E-state index is 12.4. The number of fused-ring (bicyclic) bond motifs is 1. The molecular weight excluding hydrogens is 348 g/mol. The molecule has 7 nitrogen and oxygen atoms in total. The van der Waals surface area contributed by atoms with Gasteiger partial charge in [-0.3, -0.25) is 9.36 Å². The number of carbonyl (C=O) groups excluding carboxylic acids is 1. The number of halogens is 1. The largest absolute Gasteiger partial charge is 0.495 e. The highest BCUT2D eigenvalue weighted by Crippen LogP contribution is 2.35. The number of para-hydroxylation sites is 2. The Morgan fingerprint density at radius 1 is 1.20 bits per heavy atom. The van der Waals surface area contributed by atoms with Gasteiger partial charge in [-0.05, 0) is 12.1 Å². The van der Waals surface area contributed by atoms with Gasteiger partial charge in [0.15, 0.2) is 5.58 Å². The molecule has 0 unspecified atom stereocenters. The van der Waals surface area contributed by atoms with Crippen LogP contribution in [0.1, 0.15) is 0 Å². The molecule has 0 bridgehead atoms. The van der Waals surface area contributed by atoms with Gasteiger partial charge in [0.25, 0.3) is 0 Å². The number of oxazole rings is 1. The quantitative estimate of drug-likeness (QED) is 0.754. The van der Waals surface area contributed by atoms with Crippen molar-refractivity contribution in [2.75, 3.05) is 19.5 Å². The van der Waals surface area contributed by atoms with Crippen LogP contribution >= 0.6 is 11.6 Å². The van der Waals surface area contributed by atoms with Crippen molar-refractivity contribution in [2.24, 2.45) is 0 Å². The highest BCUT2D eigenvalue weighted by molar-refractivity contribution is 6.32. The van der Waals surface area contributed by atoms with E-state index < -0.39 is 11.7 Å². The van der Waals surface area contributed by atoms with Crippen LogP contribution in [0.15, 0.2) is 45.6 Å². The fourth-order valence-corrected chi connectivity index (χ4v) is 2.69. The summed E-state index contributed by atoms with van der Waals surface area (Å²) in [7, 11) is 2.93. The minimum absolute atomic E-state index is 0.204. The van der Waals surface area contributed by atoms with E-state index in [9.17, 15) is 9.59 Å². The van der Waals surface area contributed by atoms with Crippen molar-refractivity contribution in [3.8, 4) is 11.5 Å². The number of aromatic nitrogens is 1. The van der Waals surface area contributed by atoms with Gasteiger partial charge in [-0.1, -0.05) is 23.7 Å². The average Bonchev–Trinajstić information content (AvgIpc) is 2.91. The number of rotatable bonds is 5. The zero-order valence-corrected chi connectivity index (χ0v) is 14.3. The maximum Gasteiger partial charge on any atom is 0.420 e. The number of carbonyl (C=O) groups is 1. The Labute approximate surface area is 147 Å². The number of amides is 1.